The molecule has 0 heterocycles. The number of benzene rings is 1. The zero-order valence-electron chi connectivity index (χ0n) is 11.1. The summed E-state index contributed by atoms with van der Waals surface area (Å²) in [4.78, 5) is 0.172. The van der Waals surface area contributed by atoms with Crippen LogP contribution in [-0.2, 0) is 6.42 Å². The van der Waals surface area contributed by atoms with Crippen molar-refractivity contribution >= 4 is 22.9 Å². The van der Waals surface area contributed by atoms with E-state index in [1.165, 1.54) is 6.07 Å². The van der Waals surface area contributed by atoms with E-state index in [1.54, 1.807) is 12.1 Å². The number of rotatable bonds is 4. The number of aliphatic hydroxyl groups is 1. The molecule has 0 amide bonds. The summed E-state index contributed by atoms with van der Waals surface area (Å²) in [7, 11) is 0. The molecular weight excluding hydrogens is 275 g/mol. The van der Waals surface area contributed by atoms with Crippen molar-refractivity contribution in [3.8, 4) is 6.07 Å². The van der Waals surface area contributed by atoms with Crippen molar-refractivity contribution in [3.63, 3.8) is 0 Å². The molecule has 0 radical (unpaired) electrons. The van der Waals surface area contributed by atoms with E-state index in [1.807, 2.05) is 13.0 Å². The number of hydrogen-bond acceptors (Lipinski definition) is 3. The Labute approximate surface area is 122 Å². The largest absolute Gasteiger partial charge is 0.511 e. The highest BCUT2D eigenvalue weighted by molar-refractivity contribution is 7.81. The van der Waals surface area contributed by atoms with Crippen LogP contribution in [0.25, 0.3) is 0 Å². The monoisotopic (exact) mass is 290 g/mol. The van der Waals surface area contributed by atoms with Gasteiger partial charge in [-0.25, -0.2) is 4.39 Å². The molecule has 3 nitrogen and oxygen atoms in total. The summed E-state index contributed by atoms with van der Waals surface area (Å²) in [5.41, 5.74) is 1.29. The Morgan fingerprint density at radius 2 is 2.25 bits per heavy atom. The molecule has 0 bridgehead atoms. The van der Waals surface area contributed by atoms with Crippen LogP contribution in [-0.4, -0.2) is 10.1 Å². The first-order chi connectivity index (χ1) is 9.56. The highest BCUT2D eigenvalue weighted by Gasteiger charge is 2.29. The molecule has 0 atom stereocenters. The number of nitrogens with one attached hydrogen (secondary N) is 1. The average Bonchev–Trinajstić information content (AvgIpc) is 3.26. The maximum absolute atomic E-state index is 13.4. The Hall–Kier alpha value is -1.93. The topological polar surface area (TPSA) is 56.0 Å². The zero-order chi connectivity index (χ0) is 14.7. The molecule has 0 aromatic heterocycles. The Morgan fingerprint density at radius 3 is 2.80 bits per heavy atom. The van der Waals surface area contributed by atoms with Gasteiger partial charge in [-0.05, 0) is 43.0 Å². The van der Waals surface area contributed by atoms with Gasteiger partial charge in [0.25, 0.3) is 0 Å². The number of aliphatic hydroxyl groups excluding tert-OH is 1. The molecule has 1 fully saturated rings. The van der Waals surface area contributed by atoms with Gasteiger partial charge in [0.1, 0.15) is 28.2 Å². The number of nitriles is 1. The van der Waals surface area contributed by atoms with E-state index < -0.39 is 0 Å². The molecular formula is C15H15FN2OS. The second kappa shape index (κ2) is 6.02. The fourth-order valence-corrected chi connectivity index (χ4v) is 2.17. The van der Waals surface area contributed by atoms with Crippen LogP contribution < -0.4 is 5.32 Å². The van der Waals surface area contributed by atoms with Crippen molar-refractivity contribution < 1.29 is 9.50 Å². The molecule has 1 aliphatic rings. The van der Waals surface area contributed by atoms with Crippen LogP contribution in [0, 0.1) is 23.1 Å². The van der Waals surface area contributed by atoms with Gasteiger partial charge < -0.3 is 10.4 Å². The summed E-state index contributed by atoms with van der Waals surface area (Å²) in [6.45, 7) is 1.86. The van der Waals surface area contributed by atoms with Crippen molar-refractivity contribution in [2.75, 3.05) is 5.32 Å². The third-order valence-corrected chi connectivity index (χ3v) is 3.55. The van der Waals surface area contributed by atoms with Crippen LogP contribution in [0.15, 0.2) is 29.5 Å². The molecule has 1 aliphatic carbocycles. The smallest absolute Gasteiger partial charge is 0.126 e. The first-order valence-electron chi connectivity index (χ1n) is 6.49. The van der Waals surface area contributed by atoms with E-state index in [0.717, 1.165) is 12.8 Å². The second-order valence-electron chi connectivity index (χ2n) is 4.76. The van der Waals surface area contributed by atoms with E-state index in [9.17, 15) is 9.50 Å². The van der Waals surface area contributed by atoms with Crippen molar-refractivity contribution in [2.45, 2.75) is 26.2 Å². The minimum Gasteiger partial charge on any atom is -0.511 e. The molecule has 0 unspecified atom stereocenters. The molecule has 0 spiro atoms. The van der Waals surface area contributed by atoms with Gasteiger partial charge in [-0.1, -0.05) is 19.1 Å². The lowest BCUT2D eigenvalue weighted by molar-refractivity contribution is 0.377. The molecule has 0 aliphatic heterocycles. The van der Waals surface area contributed by atoms with Crippen LogP contribution in [0.5, 0.6) is 0 Å². The fraction of sp³-hybridized carbons (Fsp3) is 0.333. The van der Waals surface area contributed by atoms with Gasteiger partial charge in [-0.2, -0.15) is 5.26 Å². The van der Waals surface area contributed by atoms with Crippen LogP contribution in [0.2, 0.25) is 0 Å². The van der Waals surface area contributed by atoms with Gasteiger partial charge >= 0.3 is 0 Å². The Morgan fingerprint density at radius 1 is 1.55 bits per heavy atom. The van der Waals surface area contributed by atoms with E-state index in [0.29, 0.717) is 17.7 Å². The van der Waals surface area contributed by atoms with Crippen molar-refractivity contribution in [2.24, 2.45) is 5.92 Å². The Bertz CT molecular complexity index is 615. The van der Waals surface area contributed by atoms with Gasteiger partial charge in [-0.3, -0.25) is 0 Å². The van der Waals surface area contributed by atoms with Crippen molar-refractivity contribution in [1.29, 1.82) is 5.26 Å². The predicted octanol–water partition coefficient (Wildman–Crippen LogP) is 3.87. The molecule has 1 aromatic rings. The fourth-order valence-electron chi connectivity index (χ4n) is 1.90. The molecule has 1 saturated carbocycles. The number of nitrogens with zero attached hydrogens (tertiary/aromatic N) is 1. The van der Waals surface area contributed by atoms with Crippen molar-refractivity contribution in [1.82, 2.24) is 0 Å². The SMILES string of the molecule is CCc1cc(NC(=S)/C(C#N)=C(/O)C2CC2)ccc1F. The summed E-state index contributed by atoms with van der Waals surface area (Å²) in [5.74, 6) is -0.146. The van der Waals surface area contributed by atoms with Gasteiger partial charge in [0.05, 0.1) is 0 Å². The minimum atomic E-state index is -0.263. The number of thiocarbonyl (C=S) groups is 1. The Balaban J connectivity index is 2.19. The third kappa shape index (κ3) is 3.14. The van der Waals surface area contributed by atoms with Gasteiger partial charge in [0, 0.05) is 11.6 Å². The minimum absolute atomic E-state index is 0.0582. The lowest BCUT2D eigenvalue weighted by Gasteiger charge is -2.10. The number of allylic oxidation sites excluding steroid dienone is 1. The van der Waals surface area contributed by atoms with Crippen molar-refractivity contribution in [3.05, 3.63) is 40.9 Å². The van der Waals surface area contributed by atoms with Crippen LogP contribution in [0.4, 0.5) is 10.1 Å². The lowest BCUT2D eigenvalue weighted by atomic mass is 10.1. The first kappa shape index (κ1) is 14.5. The van der Waals surface area contributed by atoms with Crippen LogP contribution in [0.3, 0.4) is 0 Å². The highest BCUT2D eigenvalue weighted by Crippen LogP contribution is 2.36. The summed E-state index contributed by atoms with van der Waals surface area (Å²) in [6.07, 6.45) is 2.34. The van der Waals surface area contributed by atoms with Gasteiger partial charge in [0.2, 0.25) is 0 Å². The number of anilines is 1. The summed E-state index contributed by atoms with van der Waals surface area (Å²) in [6, 6.07) is 6.51. The molecule has 5 heteroatoms. The third-order valence-electron chi connectivity index (χ3n) is 3.24. The van der Waals surface area contributed by atoms with E-state index in [2.05, 4.69) is 5.32 Å². The van der Waals surface area contributed by atoms with Crippen LogP contribution >= 0.6 is 12.2 Å². The standard InChI is InChI=1S/C15H15FN2OS/c1-2-9-7-11(5-6-13(9)16)18-15(20)12(8-17)14(19)10-3-4-10/h5-7,10,19H,2-4H2,1H3,(H,18,20)/b14-12+. The Kier molecular flexibility index (Phi) is 4.35. The quantitative estimate of drug-likeness (QED) is 0.382. The van der Waals surface area contributed by atoms with E-state index in [4.69, 9.17) is 17.5 Å². The number of hydrogen-bond donors (Lipinski definition) is 2. The maximum atomic E-state index is 13.4. The molecule has 20 heavy (non-hydrogen) atoms. The average molecular weight is 290 g/mol. The molecule has 2 N–H and O–H groups in total. The first-order valence-corrected chi connectivity index (χ1v) is 6.90. The second-order valence-corrected chi connectivity index (χ2v) is 5.17. The molecule has 104 valence electrons. The van der Waals surface area contributed by atoms with Gasteiger partial charge in [-0.15, -0.1) is 0 Å². The lowest BCUT2D eigenvalue weighted by Crippen LogP contribution is -2.14. The van der Waals surface area contributed by atoms with E-state index in [-0.39, 0.29) is 28.1 Å². The maximum Gasteiger partial charge on any atom is 0.126 e. The summed E-state index contributed by atoms with van der Waals surface area (Å²) >= 11 is 5.15. The zero-order valence-corrected chi connectivity index (χ0v) is 11.9. The molecule has 1 aromatic carbocycles. The number of halogens is 1. The van der Waals surface area contributed by atoms with Crippen LogP contribution in [0.1, 0.15) is 25.3 Å². The number of aryl methyl sites for hydroxylation is 1. The van der Waals surface area contributed by atoms with Gasteiger partial charge in [0.15, 0.2) is 0 Å². The summed E-state index contributed by atoms with van der Waals surface area (Å²) in [5, 5.41) is 21.9. The normalized spacial score (nSPS) is 15.2. The predicted molar refractivity (Wildman–Crippen MR) is 80.0 cm³/mol. The molecule has 2 rings (SSSR count). The summed E-state index contributed by atoms with van der Waals surface area (Å²) < 4.78 is 13.4. The molecule has 0 saturated heterocycles. The van der Waals surface area contributed by atoms with E-state index >= 15 is 0 Å². The highest BCUT2D eigenvalue weighted by atomic mass is 32.1.